The Bertz CT molecular complexity index is 1510. The summed E-state index contributed by atoms with van der Waals surface area (Å²) in [6.07, 6.45) is 3.36. The number of nitrogens with zero attached hydrogens (tertiary/aromatic N) is 3. The van der Waals surface area contributed by atoms with E-state index in [1.165, 1.54) is 24.3 Å². The molecule has 2 aromatic heterocycles. The number of aromatic nitrogens is 2. The van der Waals surface area contributed by atoms with Crippen molar-refractivity contribution in [2.24, 2.45) is 14.1 Å². The quantitative estimate of drug-likeness (QED) is 0.314. The average molecular weight is 418 g/mol. The number of rotatable bonds is 3. The van der Waals surface area contributed by atoms with Crippen LogP contribution in [0.15, 0.2) is 48.8 Å². The maximum Gasteiger partial charge on any atom is 0.271 e. The number of fused-ring (bicyclic) bond motifs is 2. The SMILES string of the molecule is Cn1cc(C2=C(c3cn(C)c4cc([N+](=O)[O-])ccc34)C(=O)NC2=O)c2ccc(F)cc21. The molecule has 154 valence electrons. The zero-order valence-electron chi connectivity index (χ0n) is 16.5. The van der Waals surface area contributed by atoms with Gasteiger partial charge in [-0.25, -0.2) is 4.39 Å². The highest BCUT2D eigenvalue weighted by Crippen LogP contribution is 2.39. The van der Waals surface area contributed by atoms with Crippen LogP contribution < -0.4 is 5.32 Å². The van der Waals surface area contributed by atoms with Crippen LogP contribution in [0.3, 0.4) is 0 Å². The Hall–Kier alpha value is -4.27. The van der Waals surface area contributed by atoms with E-state index in [-0.39, 0.29) is 16.8 Å². The van der Waals surface area contributed by atoms with Crippen molar-refractivity contribution in [2.45, 2.75) is 0 Å². The lowest BCUT2D eigenvalue weighted by Crippen LogP contribution is -2.22. The summed E-state index contributed by atoms with van der Waals surface area (Å²) in [5.41, 5.74) is 2.44. The van der Waals surface area contributed by atoms with E-state index in [4.69, 9.17) is 0 Å². The maximum atomic E-state index is 13.7. The molecule has 8 nitrogen and oxygen atoms in total. The molecule has 3 heterocycles. The maximum absolute atomic E-state index is 13.7. The van der Waals surface area contributed by atoms with Gasteiger partial charge < -0.3 is 9.13 Å². The molecule has 4 aromatic rings. The Morgan fingerprint density at radius 3 is 1.94 bits per heavy atom. The third-order valence-corrected chi connectivity index (χ3v) is 5.61. The Balaban J connectivity index is 1.83. The van der Waals surface area contributed by atoms with E-state index in [1.54, 1.807) is 47.8 Å². The van der Waals surface area contributed by atoms with Crippen molar-refractivity contribution in [3.63, 3.8) is 0 Å². The van der Waals surface area contributed by atoms with Crippen molar-refractivity contribution in [1.82, 2.24) is 14.5 Å². The largest absolute Gasteiger partial charge is 0.350 e. The van der Waals surface area contributed by atoms with Crippen molar-refractivity contribution >= 4 is 50.5 Å². The van der Waals surface area contributed by atoms with E-state index < -0.39 is 22.6 Å². The molecule has 0 fully saturated rings. The van der Waals surface area contributed by atoms with Crippen LogP contribution in [-0.2, 0) is 23.7 Å². The number of nitro groups is 1. The monoisotopic (exact) mass is 418 g/mol. The van der Waals surface area contributed by atoms with Gasteiger partial charge in [0.15, 0.2) is 0 Å². The summed E-state index contributed by atoms with van der Waals surface area (Å²) >= 11 is 0. The lowest BCUT2D eigenvalue weighted by atomic mass is 9.95. The molecule has 2 amide bonds. The summed E-state index contributed by atoms with van der Waals surface area (Å²) < 4.78 is 17.1. The molecule has 0 atom stereocenters. The molecule has 1 aliphatic heterocycles. The van der Waals surface area contributed by atoms with Gasteiger partial charge >= 0.3 is 0 Å². The van der Waals surface area contributed by atoms with Gasteiger partial charge in [0.25, 0.3) is 17.5 Å². The second-order valence-electron chi connectivity index (χ2n) is 7.46. The van der Waals surface area contributed by atoms with Gasteiger partial charge in [-0.3, -0.25) is 25.0 Å². The number of amides is 2. The molecule has 5 rings (SSSR count). The molecule has 0 spiro atoms. The molecular formula is C22H15FN4O4. The lowest BCUT2D eigenvalue weighted by Gasteiger charge is -2.03. The summed E-state index contributed by atoms with van der Waals surface area (Å²) in [5, 5.41) is 14.7. The fourth-order valence-electron chi connectivity index (χ4n) is 4.21. The van der Waals surface area contributed by atoms with Gasteiger partial charge in [-0.1, -0.05) is 0 Å². The lowest BCUT2D eigenvalue weighted by molar-refractivity contribution is -0.384. The van der Waals surface area contributed by atoms with Crippen LogP contribution >= 0.6 is 0 Å². The minimum absolute atomic E-state index is 0.0718. The average Bonchev–Trinajstić information content (AvgIpc) is 3.32. The minimum Gasteiger partial charge on any atom is -0.350 e. The van der Waals surface area contributed by atoms with Gasteiger partial charge in [-0.2, -0.15) is 0 Å². The summed E-state index contributed by atoms with van der Waals surface area (Å²) in [4.78, 5) is 36.3. The fourth-order valence-corrected chi connectivity index (χ4v) is 4.21. The Morgan fingerprint density at radius 2 is 1.39 bits per heavy atom. The molecule has 2 aromatic carbocycles. The van der Waals surface area contributed by atoms with Crippen LogP contribution in [0, 0.1) is 15.9 Å². The molecule has 0 saturated carbocycles. The topological polar surface area (TPSA) is 99.2 Å². The predicted molar refractivity (Wildman–Crippen MR) is 112 cm³/mol. The summed E-state index contributed by atoms with van der Waals surface area (Å²) in [6.45, 7) is 0. The molecule has 0 unspecified atom stereocenters. The standard InChI is InChI=1S/C22H15FN4O4/c1-25-9-15(13-5-3-11(23)7-17(13)25)19-20(22(29)24-21(19)28)16-10-26(2)18-8-12(27(30)31)4-6-14(16)18/h3-10H,1-2H3,(H,24,28,29). The number of imide groups is 1. The Labute approximate surface area is 174 Å². The van der Waals surface area contributed by atoms with Crippen molar-refractivity contribution < 1.29 is 18.9 Å². The summed E-state index contributed by atoms with van der Waals surface area (Å²) in [7, 11) is 3.45. The Morgan fingerprint density at radius 1 is 0.871 bits per heavy atom. The van der Waals surface area contributed by atoms with Gasteiger partial charge in [-0.15, -0.1) is 0 Å². The first-order chi connectivity index (χ1) is 14.8. The van der Waals surface area contributed by atoms with E-state index in [2.05, 4.69) is 5.32 Å². The fraction of sp³-hybridized carbons (Fsp3) is 0.0909. The van der Waals surface area contributed by atoms with Crippen molar-refractivity contribution in [3.05, 3.63) is 75.9 Å². The number of aryl methyl sites for hydroxylation is 2. The van der Waals surface area contributed by atoms with E-state index in [0.29, 0.717) is 32.9 Å². The molecular weight excluding hydrogens is 403 g/mol. The zero-order chi connectivity index (χ0) is 22.0. The van der Waals surface area contributed by atoms with Gasteiger partial charge in [0.2, 0.25) is 0 Å². The van der Waals surface area contributed by atoms with Crippen LogP contribution in [0.2, 0.25) is 0 Å². The van der Waals surface area contributed by atoms with Gasteiger partial charge in [0, 0.05) is 60.5 Å². The van der Waals surface area contributed by atoms with Crippen LogP contribution in [0.1, 0.15) is 11.1 Å². The van der Waals surface area contributed by atoms with Crippen molar-refractivity contribution in [1.29, 1.82) is 0 Å². The highest BCUT2D eigenvalue weighted by Gasteiger charge is 2.35. The predicted octanol–water partition coefficient (Wildman–Crippen LogP) is 3.28. The molecule has 1 aliphatic rings. The van der Waals surface area contributed by atoms with E-state index in [1.807, 2.05) is 0 Å². The first-order valence-electron chi connectivity index (χ1n) is 9.35. The first-order valence-corrected chi connectivity index (χ1v) is 9.35. The number of carbonyl (C=O) groups excluding carboxylic acids is 2. The molecule has 1 N–H and O–H groups in total. The summed E-state index contributed by atoms with van der Waals surface area (Å²) in [6, 6.07) is 8.60. The number of carbonyl (C=O) groups is 2. The third kappa shape index (κ3) is 2.67. The highest BCUT2D eigenvalue weighted by atomic mass is 19.1. The molecule has 9 heteroatoms. The number of nitrogens with one attached hydrogen (secondary N) is 1. The second kappa shape index (κ2) is 6.36. The number of non-ortho nitro benzene ring substituents is 1. The van der Waals surface area contributed by atoms with E-state index in [0.717, 1.165) is 0 Å². The van der Waals surface area contributed by atoms with Crippen LogP contribution in [0.4, 0.5) is 10.1 Å². The molecule has 31 heavy (non-hydrogen) atoms. The number of benzene rings is 2. The van der Waals surface area contributed by atoms with Gasteiger partial charge in [-0.05, 0) is 24.3 Å². The van der Waals surface area contributed by atoms with Crippen LogP contribution in [0.5, 0.6) is 0 Å². The second-order valence-corrected chi connectivity index (χ2v) is 7.46. The number of halogens is 1. The van der Waals surface area contributed by atoms with Gasteiger partial charge in [0.1, 0.15) is 5.82 Å². The summed E-state index contributed by atoms with van der Waals surface area (Å²) in [5.74, 6) is -1.50. The normalized spacial score (nSPS) is 14.2. The van der Waals surface area contributed by atoms with Crippen molar-refractivity contribution in [2.75, 3.05) is 0 Å². The molecule has 0 saturated heterocycles. The minimum atomic E-state index is -0.551. The molecule has 0 radical (unpaired) electrons. The number of nitro benzene ring substituents is 1. The van der Waals surface area contributed by atoms with E-state index in [9.17, 15) is 24.1 Å². The molecule has 0 aliphatic carbocycles. The first kappa shape index (κ1) is 18.7. The van der Waals surface area contributed by atoms with Crippen molar-refractivity contribution in [3.8, 4) is 0 Å². The third-order valence-electron chi connectivity index (χ3n) is 5.61. The number of hydrogen-bond acceptors (Lipinski definition) is 4. The van der Waals surface area contributed by atoms with Crippen LogP contribution in [0.25, 0.3) is 33.0 Å². The number of hydrogen-bond donors (Lipinski definition) is 1. The smallest absolute Gasteiger partial charge is 0.271 e. The van der Waals surface area contributed by atoms with E-state index >= 15 is 0 Å². The molecule has 0 bridgehead atoms. The van der Waals surface area contributed by atoms with Gasteiger partial charge in [0.05, 0.1) is 27.1 Å². The zero-order valence-corrected chi connectivity index (χ0v) is 16.5. The van der Waals surface area contributed by atoms with Crippen LogP contribution in [-0.4, -0.2) is 25.9 Å². The Kier molecular flexibility index (Phi) is 3.85. The highest BCUT2D eigenvalue weighted by molar-refractivity contribution is 6.50.